The Morgan fingerprint density at radius 2 is 2.33 bits per heavy atom. The van der Waals surface area contributed by atoms with E-state index in [0.29, 0.717) is 10.8 Å². The van der Waals surface area contributed by atoms with Crippen molar-refractivity contribution in [3.8, 4) is 11.4 Å². The zero-order valence-corrected chi connectivity index (χ0v) is 6.75. The highest BCUT2D eigenvalue weighted by atomic mass is 35.5. The van der Waals surface area contributed by atoms with Crippen molar-refractivity contribution in [3.05, 3.63) is 35.7 Å². The van der Waals surface area contributed by atoms with E-state index in [0.717, 1.165) is 5.56 Å². The Morgan fingerprint density at radius 3 is 3.00 bits per heavy atom. The van der Waals surface area contributed by atoms with E-state index in [1.165, 1.54) is 0 Å². The van der Waals surface area contributed by atoms with Gasteiger partial charge in [0.05, 0.1) is 0 Å². The van der Waals surface area contributed by atoms with Crippen LogP contribution >= 0.6 is 11.6 Å². The van der Waals surface area contributed by atoms with Crippen molar-refractivity contribution in [2.24, 2.45) is 0 Å². The second kappa shape index (κ2) is 2.95. The fourth-order valence-electron chi connectivity index (χ4n) is 0.893. The summed E-state index contributed by atoms with van der Waals surface area (Å²) in [4.78, 5) is 3.77. The van der Waals surface area contributed by atoms with Crippen molar-refractivity contribution >= 4 is 11.6 Å². The van der Waals surface area contributed by atoms with E-state index in [4.69, 9.17) is 11.6 Å². The van der Waals surface area contributed by atoms with E-state index in [1.54, 1.807) is 12.1 Å². The minimum absolute atomic E-state index is 0.498. The average Bonchev–Trinajstić information content (AvgIpc) is 2.56. The molecule has 0 saturated heterocycles. The summed E-state index contributed by atoms with van der Waals surface area (Å²) in [6, 6.07) is 7.23. The standard InChI is InChI=1S/C8H4ClN2O/c9-7-3-1-2-6(4-7)8-10-5-12-11-8/h1-4H. The molecule has 2 aromatic rings. The van der Waals surface area contributed by atoms with Crippen LogP contribution in [0.25, 0.3) is 11.4 Å². The Hall–Kier alpha value is -1.35. The maximum Gasteiger partial charge on any atom is 0.316 e. The van der Waals surface area contributed by atoms with Gasteiger partial charge >= 0.3 is 6.39 Å². The van der Waals surface area contributed by atoms with E-state index in [9.17, 15) is 0 Å². The Morgan fingerprint density at radius 1 is 1.42 bits per heavy atom. The molecular weight excluding hydrogens is 176 g/mol. The van der Waals surface area contributed by atoms with Gasteiger partial charge in [-0.25, -0.2) is 0 Å². The molecule has 4 heteroatoms. The molecule has 59 valence electrons. The third kappa shape index (κ3) is 1.31. The first kappa shape index (κ1) is 7.31. The van der Waals surface area contributed by atoms with Crippen LogP contribution in [0, 0.1) is 6.39 Å². The van der Waals surface area contributed by atoms with Gasteiger partial charge in [0.15, 0.2) is 0 Å². The van der Waals surface area contributed by atoms with E-state index in [1.807, 2.05) is 12.1 Å². The molecule has 0 aliphatic carbocycles. The van der Waals surface area contributed by atoms with Crippen LogP contribution < -0.4 is 0 Å². The Balaban J connectivity index is 2.48. The van der Waals surface area contributed by atoms with Crippen molar-refractivity contribution in [3.63, 3.8) is 0 Å². The Labute approximate surface area is 74.0 Å². The normalized spacial score (nSPS) is 10.1. The van der Waals surface area contributed by atoms with Crippen LogP contribution in [0.1, 0.15) is 0 Å². The Bertz CT molecular complexity index is 372. The van der Waals surface area contributed by atoms with Crippen molar-refractivity contribution in [2.45, 2.75) is 0 Å². The van der Waals surface area contributed by atoms with Crippen LogP contribution in [-0.2, 0) is 0 Å². The number of benzene rings is 1. The van der Waals surface area contributed by atoms with E-state index in [2.05, 4.69) is 21.1 Å². The molecule has 0 aliphatic heterocycles. The van der Waals surface area contributed by atoms with Gasteiger partial charge in [0, 0.05) is 10.6 Å². The molecule has 0 spiro atoms. The van der Waals surface area contributed by atoms with Crippen LogP contribution in [0.5, 0.6) is 0 Å². The second-order valence-electron chi connectivity index (χ2n) is 2.22. The third-order valence-electron chi connectivity index (χ3n) is 1.41. The summed E-state index contributed by atoms with van der Waals surface area (Å²) >= 11 is 5.77. The largest absolute Gasteiger partial charge is 0.328 e. The molecule has 1 heterocycles. The maximum absolute atomic E-state index is 5.77. The van der Waals surface area contributed by atoms with E-state index in [-0.39, 0.29) is 0 Å². The number of rotatable bonds is 1. The SMILES string of the molecule is Clc1cccc(-c2n[c]on2)c1. The molecule has 2 rings (SSSR count). The molecular formula is C8H4ClN2O. The zero-order chi connectivity index (χ0) is 8.39. The highest BCUT2D eigenvalue weighted by molar-refractivity contribution is 6.30. The summed E-state index contributed by atoms with van der Waals surface area (Å²) in [6.45, 7) is 0. The number of hydrogen-bond donors (Lipinski definition) is 0. The lowest BCUT2D eigenvalue weighted by Crippen LogP contribution is -1.78. The number of nitrogens with zero attached hydrogens (tertiary/aromatic N) is 2. The molecule has 0 N–H and O–H groups in total. The molecule has 0 saturated carbocycles. The lowest BCUT2D eigenvalue weighted by molar-refractivity contribution is 0.411. The van der Waals surface area contributed by atoms with Crippen LogP contribution in [0.3, 0.4) is 0 Å². The second-order valence-corrected chi connectivity index (χ2v) is 2.66. The van der Waals surface area contributed by atoms with Gasteiger partial charge in [-0.2, -0.15) is 4.98 Å². The predicted octanol–water partition coefficient (Wildman–Crippen LogP) is 2.19. The van der Waals surface area contributed by atoms with Gasteiger partial charge < -0.3 is 4.52 Å². The van der Waals surface area contributed by atoms with Crippen LogP contribution in [0.2, 0.25) is 5.02 Å². The first-order valence-electron chi connectivity index (χ1n) is 3.32. The lowest BCUT2D eigenvalue weighted by Gasteiger charge is -1.93. The number of aromatic nitrogens is 2. The lowest BCUT2D eigenvalue weighted by atomic mass is 10.2. The summed E-state index contributed by atoms with van der Waals surface area (Å²) in [5, 5.41) is 4.28. The minimum atomic E-state index is 0.498. The van der Waals surface area contributed by atoms with Crippen molar-refractivity contribution in [2.75, 3.05) is 0 Å². The van der Waals surface area contributed by atoms with Crippen molar-refractivity contribution < 1.29 is 4.52 Å². The van der Waals surface area contributed by atoms with Crippen molar-refractivity contribution in [1.29, 1.82) is 0 Å². The first-order valence-corrected chi connectivity index (χ1v) is 3.70. The van der Waals surface area contributed by atoms with Gasteiger partial charge in [-0.15, -0.1) is 0 Å². The molecule has 1 aromatic carbocycles. The van der Waals surface area contributed by atoms with Crippen LogP contribution in [-0.4, -0.2) is 10.1 Å². The smallest absolute Gasteiger partial charge is 0.316 e. The van der Waals surface area contributed by atoms with Gasteiger partial charge in [-0.3, -0.25) is 0 Å². The summed E-state index contributed by atoms with van der Waals surface area (Å²) in [5.41, 5.74) is 0.826. The summed E-state index contributed by atoms with van der Waals surface area (Å²) in [6.07, 6.45) is 2.27. The molecule has 1 aromatic heterocycles. The van der Waals surface area contributed by atoms with Crippen LogP contribution in [0.15, 0.2) is 28.8 Å². The fourth-order valence-corrected chi connectivity index (χ4v) is 1.08. The zero-order valence-electron chi connectivity index (χ0n) is 5.99. The molecule has 12 heavy (non-hydrogen) atoms. The van der Waals surface area contributed by atoms with Crippen LogP contribution in [0.4, 0.5) is 0 Å². The fraction of sp³-hybridized carbons (Fsp3) is 0. The van der Waals surface area contributed by atoms with Gasteiger partial charge in [-0.05, 0) is 12.1 Å². The highest BCUT2D eigenvalue weighted by Crippen LogP contribution is 2.18. The quantitative estimate of drug-likeness (QED) is 0.674. The molecule has 0 amide bonds. The summed E-state index contributed by atoms with van der Waals surface area (Å²) in [7, 11) is 0. The van der Waals surface area contributed by atoms with Gasteiger partial charge in [0.2, 0.25) is 5.82 Å². The molecule has 0 fully saturated rings. The monoisotopic (exact) mass is 179 g/mol. The molecule has 0 unspecified atom stereocenters. The predicted molar refractivity (Wildman–Crippen MR) is 43.6 cm³/mol. The summed E-state index contributed by atoms with van der Waals surface area (Å²) in [5.74, 6) is 0.498. The van der Waals surface area contributed by atoms with Crippen molar-refractivity contribution in [1.82, 2.24) is 10.1 Å². The molecule has 0 bridgehead atoms. The number of halogens is 1. The highest BCUT2D eigenvalue weighted by Gasteiger charge is 2.02. The average molecular weight is 180 g/mol. The van der Waals surface area contributed by atoms with Gasteiger partial charge in [-0.1, -0.05) is 28.9 Å². The minimum Gasteiger partial charge on any atom is -0.328 e. The van der Waals surface area contributed by atoms with Gasteiger partial charge in [0.25, 0.3) is 0 Å². The molecule has 0 atom stereocenters. The Kier molecular flexibility index (Phi) is 1.80. The topological polar surface area (TPSA) is 38.9 Å². The molecule has 3 nitrogen and oxygen atoms in total. The molecule has 1 radical (unpaired) electrons. The number of hydrogen-bond acceptors (Lipinski definition) is 3. The van der Waals surface area contributed by atoms with E-state index >= 15 is 0 Å². The maximum atomic E-state index is 5.77. The van der Waals surface area contributed by atoms with E-state index < -0.39 is 0 Å². The first-order chi connectivity index (χ1) is 5.86. The summed E-state index contributed by atoms with van der Waals surface area (Å²) < 4.78 is 4.48. The van der Waals surface area contributed by atoms with Gasteiger partial charge in [0.1, 0.15) is 0 Å². The third-order valence-corrected chi connectivity index (χ3v) is 1.64. The molecule has 0 aliphatic rings.